The molecule has 1 saturated heterocycles. The van der Waals surface area contributed by atoms with E-state index < -0.39 is 0 Å². The number of anilines is 2. The molecule has 8 nitrogen and oxygen atoms in total. The molecule has 2 N–H and O–H groups in total. The third-order valence-electron chi connectivity index (χ3n) is 5.78. The zero-order valence-corrected chi connectivity index (χ0v) is 18.1. The van der Waals surface area contributed by atoms with Crippen molar-refractivity contribution in [1.29, 1.82) is 0 Å². The molecule has 0 aliphatic carbocycles. The highest BCUT2D eigenvalue weighted by Crippen LogP contribution is 2.23. The van der Waals surface area contributed by atoms with Crippen LogP contribution in [0.4, 0.5) is 11.6 Å². The molecule has 0 bridgehead atoms. The van der Waals surface area contributed by atoms with Crippen molar-refractivity contribution in [3.05, 3.63) is 35.3 Å². The van der Waals surface area contributed by atoms with E-state index in [1.165, 1.54) is 24.8 Å². The zero-order valence-electron chi connectivity index (χ0n) is 18.1. The molecule has 1 aliphatic heterocycles. The van der Waals surface area contributed by atoms with E-state index in [4.69, 9.17) is 15.5 Å². The van der Waals surface area contributed by atoms with Gasteiger partial charge in [0, 0.05) is 25.7 Å². The van der Waals surface area contributed by atoms with Crippen LogP contribution in [0.15, 0.2) is 18.5 Å². The highest BCUT2D eigenvalue weighted by molar-refractivity contribution is 5.60. The Balaban J connectivity index is 1.56. The van der Waals surface area contributed by atoms with Crippen molar-refractivity contribution in [2.75, 3.05) is 30.3 Å². The Labute approximate surface area is 177 Å². The molecule has 3 aromatic heterocycles. The van der Waals surface area contributed by atoms with E-state index in [9.17, 15) is 0 Å². The van der Waals surface area contributed by atoms with Crippen molar-refractivity contribution in [3.63, 3.8) is 0 Å². The van der Waals surface area contributed by atoms with Gasteiger partial charge in [0.05, 0.1) is 18.5 Å². The molecule has 1 atom stereocenters. The number of piperidine rings is 1. The number of rotatable bonds is 7. The molecule has 30 heavy (non-hydrogen) atoms. The van der Waals surface area contributed by atoms with Crippen molar-refractivity contribution in [3.8, 4) is 6.01 Å². The molecule has 4 heterocycles. The summed E-state index contributed by atoms with van der Waals surface area (Å²) in [5.74, 6) is 1.86. The Morgan fingerprint density at radius 1 is 1.17 bits per heavy atom. The summed E-state index contributed by atoms with van der Waals surface area (Å²) < 4.78 is 7.49. The van der Waals surface area contributed by atoms with Gasteiger partial charge >= 0.3 is 6.01 Å². The predicted molar refractivity (Wildman–Crippen MR) is 118 cm³/mol. The summed E-state index contributed by atoms with van der Waals surface area (Å²) in [6.45, 7) is 9.15. The number of ether oxygens (including phenoxy) is 1. The van der Waals surface area contributed by atoms with Gasteiger partial charge in [-0.1, -0.05) is 26.3 Å². The van der Waals surface area contributed by atoms with Gasteiger partial charge in [-0.3, -0.25) is 0 Å². The van der Waals surface area contributed by atoms with Crippen LogP contribution in [-0.2, 0) is 6.42 Å². The lowest BCUT2D eigenvalue weighted by Crippen LogP contribution is -2.30. The van der Waals surface area contributed by atoms with Crippen molar-refractivity contribution in [2.24, 2.45) is 5.92 Å². The van der Waals surface area contributed by atoms with Crippen molar-refractivity contribution in [2.45, 2.75) is 52.9 Å². The first kappa shape index (κ1) is 20.4. The molecule has 1 unspecified atom stereocenters. The largest absolute Gasteiger partial charge is 0.462 e. The van der Waals surface area contributed by atoms with Gasteiger partial charge in [0.25, 0.3) is 0 Å². The summed E-state index contributed by atoms with van der Waals surface area (Å²) in [5.41, 5.74) is 9.90. The maximum absolute atomic E-state index is 6.10. The molecule has 0 saturated carbocycles. The van der Waals surface area contributed by atoms with Gasteiger partial charge in [-0.2, -0.15) is 4.98 Å². The number of aromatic nitrogens is 5. The fourth-order valence-corrected chi connectivity index (χ4v) is 3.81. The number of pyridine rings is 1. The van der Waals surface area contributed by atoms with Crippen LogP contribution < -0.4 is 15.4 Å². The quantitative estimate of drug-likeness (QED) is 0.639. The number of hydrogen-bond acceptors (Lipinski definition) is 7. The number of imidazole rings is 1. The molecule has 4 rings (SSSR count). The normalized spacial score (nSPS) is 15.5. The van der Waals surface area contributed by atoms with Gasteiger partial charge < -0.3 is 15.4 Å². The van der Waals surface area contributed by atoms with Crippen LogP contribution in [0.1, 0.15) is 56.4 Å². The Morgan fingerprint density at radius 2 is 1.97 bits per heavy atom. The van der Waals surface area contributed by atoms with E-state index in [0.717, 1.165) is 36.6 Å². The second-order valence-electron chi connectivity index (χ2n) is 8.30. The molecule has 0 spiro atoms. The Bertz CT molecular complexity index is 1010. The number of aryl methyl sites for hydroxylation is 1. The first-order valence-corrected chi connectivity index (χ1v) is 10.9. The summed E-state index contributed by atoms with van der Waals surface area (Å²) in [7, 11) is 0. The van der Waals surface area contributed by atoms with Crippen LogP contribution in [0.2, 0.25) is 0 Å². The van der Waals surface area contributed by atoms with E-state index in [1.807, 2.05) is 6.20 Å². The Hall–Kier alpha value is -2.90. The van der Waals surface area contributed by atoms with Gasteiger partial charge in [0.15, 0.2) is 11.5 Å². The van der Waals surface area contributed by atoms with Crippen LogP contribution in [0.3, 0.4) is 0 Å². The molecule has 160 valence electrons. The van der Waals surface area contributed by atoms with E-state index in [1.54, 1.807) is 10.7 Å². The molecule has 3 aromatic rings. The van der Waals surface area contributed by atoms with Crippen LogP contribution in [0.5, 0.6) is 6.01 Å². The third-order valence-corrected chi connectivity index (χ3v) is 5.78. The van der Waals surface area contributed by atoms with Gasteiger partial charge in [-0.15, -0.1) is 5.10 Å². The topological polar surface area (TPSA) is 94.5 Å². The van der Waals surface area contributed by atoms with Gasteiger partial charge in [0.1, 0.15) is 5.82 Å². The molecular weight excluding hydrogens is 378 g/mol. The molecule has 8 heteroatoms. The van der Waals surface area contributed by atoms with Crippen molar-refractivity contribution in [1.82, 2.24) is 24.6 Å². The third kappa shape index (κ3) is 4.32. The summed E-state index contributed by atoms with van der Waals surface area (Å²) >= 11 is 0. The van der Waals surface area contributed by atoms with Gasteiger partial charge in [0.2, 0.25) is 0 Å². The lowest BCUT2D eigenvalue weighted by atomic mass is 10.1. The van der Waals surface area contributed by atoms with E-state index in [0.29, 0.717) is 30.4 Å². The van der Waals surface area contributed by atoms with Crippen molar-refractivity contribution >= 4 is 17.3 Å². The molecule has 1 fully saturated rings. The zero-order chi connectivity index (χ0) is 21.1. The van der Waals surface area contributed by atoms with Gasteiger partial charge in [-0.05, 0) is 43.2 Å². The van der Waals surface area contributed by atoms with Gasteiger partial charge in [-0.25, -0.2) is 14.5 Å². The summed E-state index contributed by atoms with van der Waals surface area (Å²) in [6.07, 6.45) is 9.26. The monoisotopic (exact) mass is 409 g/mol. The number of nitrogen functional groups attached to an aromatic ring is 1. The minimum absolute atomic E-state index is 0.286. The molecule has 0 radical (unpaired) electrons. The predicted octanol–water partition coefficient (Wildman–Crippen LogP) is 3.42. The fourth-order valence-electron chi connectivity index (χ4n) is 3.81. The average Bonchev–Trinajstić information content (AvgIpc) is 3.16. The molecule has 1 aliphatic rings. The van der Waals surface area contributed by atoms with Crippen LogP contribution in [0, 0.1) is 12.8 Å². The minimum atomic E-state index is 0.286. The summed E-state index contributed by atoms with van der Waals surface area (Å²) in [6, 6.07) is 2.50. The smallest absolute Gasteiger partial charge is 0.336 e. The lowest BCUT2D eigenvalue weighted by molar-refractivity contribution is 0.235. The highest BCUT2D eigenvalue weighted by atomic mass is 16.5. The molecule has 0 amide bonds. The van der Waals surface area contributed by atoms with E-state index in [2.05, 4.69) is 46.8 Å². The first-order chi connectivity index (χ1) is 14.5. The SMILES string of the molecule is CCC(C)COc1nc(N)c2ncc(Cc3cnc(N4CCCCC4)c(C)c3)n2n1. The van der Waals surface area contributed by atoms with Crippen LogP contribution >= 0.6 is 0 Å². The van der Waals surface area contributed by atoms with Crippen molar-refractivity contribution < 1.29 is 4.74 Å². The fraction of sp³-hybridized carbons (Fsp3) is 0.545. The minimum Gasteiger partial charge on any atom is -0.462 e. The number of nitrogens with two attached hydrogens (primary N) is 1. The summed E-state index contributed by atoms with van der Waals surface area (Å²) in [4.78, 5) is 15.8. The second-order valence-corrected chi connectivity index (χ2v) is 8.30. The Kier molecular flexibility index (Phi) is 6.01. The number of nitrogens with zero attached hydrogens (tertiary/aromatic N) is 6. The average molecular weight is 410 g/mol. The molecule has 0 aromatic carbocycles. The number of fused-ring (bicyclic) bond motifs is 1. The number of hydrogen-bond donors (Lipinski definition) is 1. The standard InChI is InChI=1S/C22H31N7O/c1-4-15(2)14-30-22-26-19(23)21-25-13-18(29(21)27-22)11-17-10-16(3)20(24-12-17)28-8-6-5-7-9-28/h10,12-13,15H,4-9,11,14H2,1-3H3,(H2,23,26,27). The van der Waals surface area contributed by atoms with E-state index in [-0.39, 0.29) is 6.01 Å². The lowest BCUT2D eigenvalue weighted by Gasteiger charge is -2.29. The van der Waals surface area contributed by atoms with Crippen LogP contribution in [-0.4, -0.2) is 44.3 Å². The maximum atomic E-state index is 6.10. The first-order valence-electron chi connectivity index (χ1n) is 10.9. The molecular formula is C22H31N7O. The highest BCUT2D eigenvalue weighted by Gasteiger charge is 2.16. The maximum Gasteiger partial charge on any atom is 0.336 e. The van der Waals surface area contributed by atoms with E-state index >= 15 is 0 Å². The van der Waals surface area contributed by atoms with Crippen LogP contribution in [0.25, 0.3) is 5.65 Å². The Morgan fingerprint density at radius 3 is 2.70 bits per heavy atom. The second kappa shape index (κ2) is 8.85. The summed E-state index contributed by atoms with van der Waals surface area (Å²) in [5, 5.41) is 4.52.